The van der Waals surface area contributed by atoms with Crippen LogP contribution in [0.25, 0.3) is 88.7 Å². The molecular weight excluding hydrogens is 1050 g/mol. The molecule has 3 nitrogen and oxygen atoms in total. The van der Waals surface area contributed by atoms with E-state index in [2.05, 4.69) is 316 Å². The van der Waals surface area contributed by atoms with Gasteiger partial charge in [-0.3, -0.25) is 0 Å². The zero-order valence-electron chi connectivity index (χ0n) is 48.4. The summed E-state index contributed by atoms with van der Waals surface area (Å²) in [6, 6.07) is 108. The van der Waals surface area contributed by atoms with Gasteiger partial charge in [0.2, 0.25) is 0 Å². The quantitative estimate of drug-likeness (QED) is 0.175. The van der Waals surface area contributed by atoms with Crippen molar-refractivity contribution in [2.45, 2.75) is 37.0 Å². The average Bonchev–Trinajstić information content (AvgIpc) is 1.54. The maximum absolute atomic E-state index is 7.19. The van der Waals surface area contributed by atoms with Gasteiger partial charge >= 0.3 is 0 Å². The Bertz CT molecular complexity index is 5270. The van der Waals surface area contributed by atoms with Crippen LogP contribution in [-0.4, -0.2) is 0 Å². The van der Waals surface area contributed by atoms with Crippen LogP contribution in [0.3, 0.4) is 0 Å². The molecule has 0 amide bonds. The molecule has 14 aromatic rings. The van der Waals surface area contributed by atoms with Crippen LogP contribution < -0.4 is 9.80 Å². The van der Waals surface area contributed by atoms with Crippen LogP contribution in [0.4, 0.5) is 34.1 Å². The second-order valence-corrected chi connectivity index (χ2v) is 25.2. The molecule has 1 atom stereocenters. The maximum Gasteiger partial charge on any atom is 0.137 e. The van der Waals surface area contributed by atoms with Gasteiger partial charge in [-0.05, 0) is 185 Å². The molecule has 1 unspecified atom stereocenters. The lowest BCUT2D eigenvalue weighted by Gasteiger charge is -2.35. The first-order chi connectivity index (χ1) is 42.8. The van der Waals surface area contributed by atoms with Gasteiger partial charge in [0.05, 0.1) is 22.2 Å². The summed E-state index contributed by atoms with van der Waals surface area (Å²) in [7, 11) is 0. The number of furan rings is 1. The Kier molecular flexibility index (Phi) is 9.75. The predicted molar refractivity (Wildman–Crippen MR) is 359 cm³/mol. The highest BCUT2D eigenvalue weighted by molar-refractivity contribution is 6.15. The molecule has 0 saturated carbocycles. The first-order valence-electron chi connectivity index (χ1n) is 30.6. The van der Waals surface area contributed by atoms with Gasteiger partial charge in [-0.25, -0.2) is 0 Å². The molecular formula is C84H56N2O. The molecule has 408 valence electrons. The van der Waals surface area contributed by atoms with Gasteiger partial charge in [0, 0.05) is 44.5 Å². The van der Waals surface area contributed by atoms with E-state index in [4.69, 9.17) is 4.42 Å². The molecule has 13 aromatic carbocycles. The van der Waals surface area contributed by atoms with Gasteiger partial charge < -0.3 is 14.2 Å². The van der Waals surface area contributed by atoms with E-state index in [9.17, 15) is 0 Å². The van der Waals surface area contributed by atoms with Crippen molar-refractivity contribution in [3.8, 4) is 66.8 Å². The number of hydrogen-bond acceptors (Lipinski definition) is 3. The summed E-state index contributed by atoms with van der Waals surface area (Å²) in [4.78, 5) is 5.14. The number of rotatable bonds is 4. The number of anilines is 6. The topological polar surface area (TPSA) is 19.6 Å². The Morgan fingerprint density at radius 1 is 0.287 bits per heavy atom. The number of para-hydroxylation sites is 2. The minimum atomic E-state index is -0.592. The lowest BCUT2D eigenvalue weighted by Crippen LogP contribution is -2.25. The standard InChI is InChI=1S/C84H56N2O/c1-82(2)68-32-14-7-25-60(68)64-42-40-54(49-74(64)82)86-57-45-52(59-31-21-37-73-80(59)66-29-11-18-36-72(66)84(73)70-34-16-9-27-62(70)63-28-10-17-35-71(63)84)44-56(48-57)85(76-38-19-12-24-58(76)51-22-5-4-6-23-51)55-41-43-65-61-26-8-15-33-69(61)83(3,75(65)50-55)53-46-77(86)81-67-30-13-20-39-78(67)87-79(81)47-53/h4-50H,1-3H3. The predicted octanol–water partition coefficient (Wildman–Crippen LogP) is 22.2. The van der Waals surface area contributed by atoms with Crippen molar-refractivity contribution in [1.29, 1.82) is 0 Å². The van der Waals surface area contributed by atoms with Crippen LogP contribution in [0.5, 0.6) is 0 Å². The number of fused-ring (bicyclic) bond motifs is 26. The molecule has 0 N–H and O–H groups in total. The highest BCUT2D eigenvalue weighted by Crippen LogP contribution is 2.65. The first kappa shape index (κ1) is 48.6. The third-order valence-corrected chi connectivity index (χ3v) is 20.6. The van der Waals surface area contributed by atoms with Gasteiger partial charge in [-0.2, -0.15) is 0 Å². The molecule has 4 aliphatic carbocycles. The Morgan fingerprint density at radius 2 is 0.782 bits per heavy atom. The number of nitrogens with zero attached hydrogens (tertiary/aromatic N) is 2. The van der Waals surface area contributed by atoms with E-state index in [0.29, 0.717) is 0 Å². The minimum Gasteiger partial charge on any atom is -0.456 e. The average molecular weight is 1110 g/mol. The second kappa shape index (κ2) is 17.4. The van der Waals surface area contributed by atoms with Crippen LogP contribution >= 0.6 is 0 Å². The van der Waals surface area contributed by atoms with Gasteiger partial charge in [0.1, 0.15) is 11.2 Å². The number of hydrogen-bond donors (Lipinski definition) is 0. The van der Waals surface area contributed by atoms with Crippen molar-refractivity contribution in [2.24, 2.45) is 0 Å². The van der Waals surface area contributed by atoms with Gasteiger partial charge in [-0.15, -0.1) is 0 Å². The summed E-state index contributed by atoms with van der Waals surface area (Å²) in [5, 5.41) is 2.15. The van der Waals surface area contributed by atoms with E-state index < -0.39 is 10.8 Å². The van der Waals surface area contributed by atoms with Crippen LogP contribution in [0.1, 0.15) is 70.8 Å². The molecule has 0 fully saturated rings. The van der Waals surface area contributed by atoms with Crippen molar-refractivity contribution in [1.82, 2.24) is 0 Å². The lowest BCUT2D eigenvalue weighted by atomic mass is 9.70. The van der Waals surface area contributed by atoms with Gasteiger partial charge in [-0.1, -0.05) is 232 Å². The van der Waals surface area contributed by atoms with Crippen molar-refractivity contribution in [2.75, 3.05) is 9.80 Å². The van der Waals surface area contributed by atoms with Gasteiger partial charge in [0.15, 0.2) is 0 Å². The molecule has 0 radical (unpaired) electrons. The van der Waals surface area contributed by atoms with Crippen LogP contribution in [0.15, 0.2) is 290 Å². The summed E-state index contributed by atoms with van der Waals surface area (Å²) in [5.74, 6) is 0. The van der Waals surface area contributed by atoms with Crippen LogP contribution in [0, 0.1) is 0 Å². The number of benzene rings is 13. The van der Waals surface area contributed by atoms with Crippen LogP contribution in [0.2, 0.25) is 0 Å². The van der Waals surface area contributed by atoms with E-state index in [1.165, 1.54) is 100 Å². The molecule has 2 heterocycles. The second-order valence-electron chi connectivity index (χ2n) is 25.2. The fourth-order valence-electron chi connectivity index (χ4n) is 16.8. The third-order valence-electron chi connectivity index (χ3n) is 20.6. The van der Waals surface area contributed by atoms with E-state index >= 15 is 0 Å². The Labute approximate surface area is 506 Å². The molecule has 1 aromatic heterocycles. The molecule has 87 heavy (non-hydrogen) atoms. The zero-order chi connectivity index (χ0) is 57.5. The van der Waals surface area contributed by atoms with E-state index in [1.807, 2.05) is 0 Å². The van der Waals surface area contributed by atoms with Crippen LogP contribution in [-0.2, 0) is 16.2 Å². The summed E-state index contributed by atoms with van der Waals surface area (Å²) in [5.41, 5.74) is 33.2. The maximum atomic E-state index is 7.19. The molecule has 0 saturated heterocycles. The Morgan fingerprint density at radius 3 is 1.48 bits per heavy atom. The zero-order valence-corrected chi connectivity index (χ0v) is 48.4. The Balaban J connectivity index is 0.977. The van der Waals surface area contributed by atoms with E-state index in [0.717, 1.165) is 72.8 Å². The monoisotopic (exact) mass is 1110 g/mol. The van der Waals surface area contributed by atoms with E-state index in [-0.39, 0.29) is 5.41 Å². The SMILES string of the molecule is CC1(C)c2ccccc2-c2ccc(N3c4cc(-c5cccc6c5-c5ccccc5C65c6ccccc6-c6ccccc65)cc(c4)N(c4ccccc4-c4ccccc4)c4ccc5c(c4)C(C)(c4cc3c3c(c4)oc4ccccc43)c3ccccc3-5)cc21. The lowest BCUT2D eigenvalue weighted by molar-refractivity contribution is 0.660. The normalized spacial score (nSPS) is 16.2. The molecule has 3 heteroatoms. The largest absolute Gasteiger partial charge is 0.456 e. The van der Waals surface area contributed by atoms with Crippen molar-refractivity contribution < 1.29 is 4.42 Å². The fourth-order valence-corrected chi connectivity index (χ4v) is 16.8. The summed E-state index contributed by atoms with van der Waals surface area (Å²) in [6.07, 6.45) is 0. The van der Waals surface area contributed by atoms with Crippen molar-refractivity contribution in [3.63, 3.8) is 0 Å². The van der Waals surface area contributed by atoms with Crippen molar-refractivity contribution >= 4 is 56.1 Å². The summed E-state index contributed by atoms with van der Waals surface area (Å²) in [6.45, 7) is 7.24. The smallest absolute Gasteiger partial charge is 0.137 e. The van der Waals surface area contributed by atoms with Gasteiger partial charge in [0.25, 0.3) is 0 Å². The molecule has 1 aliphatic heterocycles. The summed E-state index contributed by atoms with van der Waals surface area (Å²) < 4.78 is 7.19. The highest BCUT2D eigenvalue weighted by Gasteiger charge is 2.52. The summed E-state index contributed by atoms with van der Waals surface area (Å²) >= 11 is 0. The molecule has 19 rings (SSSR count). The highest BCUT2D eigenvalue weighted by atomic mass is 16.3. The Hall–Kier alpha value is -10.7. The van der Waals surface area contributed by atoms with Crippen molar-refractivity contribution in [3.05, 3.63) is 335 Å². The molecule has 1 spiro atoms. The minimum absolute atomic E-state index is 0.259. The first-order valence-corrected chi connectivity index (χ1v) is 30.6. The van der Waals surface area contributed by atoms with E-state index in [1.54, 1.807) is 0 Å². The third kappa shape index (κ3) is 6.35. The molecule has 6 bridgehead atoms. The molecule has 5 aliphatic rings. The fraction of sp³-hybridized carbons (Fsp3) is 0.0714.